The highest BCUT2D eigenvalue weighted by Gasteiger charge is 2.12. The third-order valence-corrected chi connectivity index (χ3v) is 2.64. The van der Waals surface area contributed by atoms with Gasteiger partial charge >= 0.3 is 0 Å². The molecule has 92 valence electrons. The molecule has 0 bridgehead atoms. The number of halogens is 1. The second-order valence-electron chi connectivity index (χ2n) is 3.51. The molecular weight excluding hydrogens is 256 g/mol. The number of nitro groups is 1. The van der Waals surface area contributed by atoms with Crippen molar-refractivity contribution in [1.82, 2.24) is 4.98 Å². The number of benzene rings is 1. The first-order valence-electron chi connectivity index (χ1n) is 5.06. The van der Waals surface area contributed by atoms with Crippen LogP contribution in [0.2, 0.25) is 5.15 Å². The molecule has 2 rings (SSSR count). The molecule has 2 aromatic rings. The second-order valence-corrected chi connectivity index (χ2v) is 3.90. The standard InChI is InChI=1S/C12H9ClN2O3/c1-18-11-7-9(15(16)17)2-3-10(11)8-4-5-14-12(13)6-8/h2-7H,1H3. The maximum atomic E-state index is 10.7. The second kappa shape index (κ2) is 5.01. The molecule has 0 fully saturated rings. The highest BCUT2D eigenvalue weighted by molar-refractivity contribution is 6.29. The van der Waals surface area contributed by atoms with Gasteiger partial charge in [0.05, 0.1) is 18.1 Å². The molecule has 0 N–H and O–H groups in total. The molecule has 0 saturated carbocycles. The number of nitrogens with zero attached hydrogens (tertiary/aromatic N) is 2. The molecule has 0 radical (unpaired) electrons. The Kier molecular flexibility index (Phi) is 3.43. The molecule has 0 spiro atoms. The van der Waals surface area contributed by atoms with Gasteiger partial charge in [-0.05, 0) is 23.8 Å². The van der Waals surface area contributed by atoms with E-state index in [0.717, 1.165) is 11.1 Å². The van der Waals surface area contributed by atoms with Crippen LogP contribution in [-0.2, 0) is 0 Å². The molecule has 18 heavy (non-hydrogen) atoms. The molecule has 0 aliphatic heterocycles. The van der Waals surface area contributed by atoms with Crippen LogP contribution in [0.25, 0.3) is 11.1 Å². The topological polar surface area (TPSA) is 65.3 Å². The number of aromatic nitrogens is 1. The lowest BCUT2D eigenvalue weighted by atomic mass is 10.1. The number of ether oxygens (including phenoxy) is 1. The van der Waals surface area contributed by atoms with Crippen LogP contribution in [0.3, 0.4) is 0 Å². The van der Waals surface area contributed by atoms with Gasteiger partial charge in [-0.25, -0.2) is 4.98 Å². The van der Waals surface area contributed by atoms with Gasteiger partial charge in [0.1, 0.15) is 10.9 Å². The van der Waals surface area contributed by atoms with Gasteiger partial charge in [0.15, 0.2) is 0 Å². The van der Waals surface area contributed by atoms with Crippen molar-refractivity contribution >= 4 is 17.3 Å². The molecule has 5 nitrogen and oxygen atoms in total. The average molecular weight is 265 g/mol. The number of pyridine rings is 1. The Morgan fingerprint density at radius 1 is 1.33 bits per heavy atom. The molecule has 0 unspecified atom stereocenters. The molecule has 1 heterocycles. The summed E-state index contributed by atoms with van der Waals surface area (Å²) in [6, 6.07) is 7.86. The zero-order valence-electron chi connectivity index (χ0n) is 9.46. The summed E-state index contributed by atoms with van der Waals surface area (Å²) in [5.41, 5.74) is 1.50. The van der Waals surface area contributed by atoms with E-state index in [1.165, 1.54) is 19.2 Å². The monoisotopic (exact) mass is 264 g/mol. The predicted octanol–water partition coefficient (Wildman–Crippen LogP) is 3.32. The zero-order valence-corrected chi connectivity index (χ0v) is 10.2. The summed E-state index contributed by atoms with van der Waals surface area (Å²) >= 11 is 5.81. The summed E-state index contributed by atoms with van der Waals surface area (Å²) < 4.78 is 5.16. The minimum absolute atomic E-state index is 0.0178. The molecule has 0 atom stereocenters. The van der Waals surface area contributed by atoms with Crippen molar-refractivity contribution < 1.29 is 9.66 Å². The van der Waals surface area contributed by atoms with Gasteiger partial charge in [-0.3, -0.25) is 10.1 Å². The summed E-state index contributed by atoms with van der Waals surface area (Å²) in [7, 11) is 1.46. The zero-order chi connectivity index (χ0) is 13.1. The molecule has 0 aliphatic rings. The SMILES string of the molecule is COc1cc([N+](=O)[O-])ccc1-c1ccnc(Cl)c1. The number of hydrogen-bond donors (Lipinski definition) is 0. The first-order valence-corrected chi connectivity index (χ1v) is 5.44. The molecule has 0 amide bonds. The Morgan fingerprint density at radius 2 is 2.11 bits per heavy atom. The molecule has 6 heteroatoms. The summed E-state index contributed by atoms with van der Waals surface area (Å²) in [5, 5.41) is 11.0. The van der Waals surface area contributed by atoms with E-state index < -0.39 is 4.92 Å². The number of nitro benzene ring substituents is 1. The van der Waals surface area contributed by atoms with Crippen LogP contribution in [0.5, 0.6) is 5.75 Å². The van der Waals surface area contributed by atoms with Crippen molar-refractivity contribution in [3.63, 3.8) is 0 Å². The quantitative estimate of drug-likeness (QED) is 0.485. The van der Waals surface area contributed by atoms with Crippen molar-refractivity contribution in [2.75, 3.05) is 7.11 Å². The van der Waals surface area contributed by atoms with Crippen molar-refractivity contribution in [2.45, 2.75) is 0 Å². The van der Waals surface area contributed by atoms with Crippen LogP contribution in [-0.4, -0.2) is 17.0 Å². The third kappa shape index (κ3) is 2.41. The van der Waals surface area contributed by atoms with E-state index in [-0.39, 0.29) is 5.69 Å². The Labute approximate surface area is 108 Å². The van der Waals surface area contributed by atoms with Crippen LogP contribution >= 0.6 is 11.6 Å². The van der Waals surface area contributed by atoms with Gasteiger partial charge in [0.25, 0.3) is 5.69 Å². The lowest BCUT2D eigenvalue weighted by Crippen LogP contribution is -1.92. The first-order chi connectivity index (χ1) is 8.61. The lowest BCUT2D eigenvalue weighted by Gasteiger charge is -2.08. The van der Waals surface area contributed by atoms with E-state index in [1.807, 2.05) is 0 Å². The first kappa shape index (κ1) is 12.3. The van der Waals surface area contributed by atoms with Gasteiger partial charge in [-0.15, -0.1) is 0 Å². The lowest BCUT2D eigenvalue weighted by molar-refractivity contribution is -0.384. The van der Waals surface area contributed by atoms with Gasteiger partial charge < -0.3 is 4.74 Å². The Hall–Kier alpha value is -2.14. The predicted molar refractivity (Wildman–Crippen MR) is 67.9 cm³/mol. The fourth-order valence-corrected chi connectivity index (χ4v) is 1.78. The van der Waals surface area contributed by atoms with E-state index in [4.69, 9.17) is 16.3 Å². The Morgan fingerprint density at radius 3 is 2.72 bits per heavy atom. The van der Waals surface area contributed by atoms with Gasteiger partial charge in [-0.1, -0.05) is 11.6 Å². The Bertz CT molecular complexity index is 602. The molecular formula is C12H9ClN2O3. The van der Waals surface area contributed by atoms with Crippen molar-refractivity contribution in [3.8, 4) is 16.9 Å². The van der Waals surface area contributed by atoms with E-state index >= 15 is 0 Å². The van der Waals surface area contributed by atoms with Gasteiger partial charge in [0.2, 0.25) is 0 Å². The summed E-state index contributed by atoms with van der Waals surface area (Å²) in [6.07, 6.45) is 1.57. The van der Waals surface area contributed by atoms with E-state index in [2.05, 4.69) is 4.98 Å². The molecule has 0 saturated heterocycles. The summed E-state index contributed by atoms with van der Waals surface area (Å²) in [4.78, 5) is 14.1. The highest BCUT2D eigenvalue weighted by Crippen LogP contribution is 2.33. The maximum absolute atomic E-state index is 10.7. The maximum Gasteiger partial charge on any atom is 0.273 e. The van der Waals surface area contributed by atoms with Crippen LogP contribution in [0.4, 0.5) is 5.69 Å². The largest absolute Gasteiger partial charge is 0.496 e. The van der Waals surface area contributed by atoms with Crippen molar-refractivity contribution in [1.29, 1.82) is 0 Å². The fourth-order valence-electron chi connectivity index (χ4n) is 1.60. The Balaban J connectivity index is 2.54. The van der Waals surface area contributed by atoms with Crippen molar-refractivity contribution in [2.24, 2.45) is 0 Å². The summed E-state index contributed by atoms with van der Waals surface area (Å²) in [6.45, 7) is 0. The normalized spacial score (nSPS) is 10.1. The molecule has 1 aromatic carbocycles. The van der Waals surface area contributed by atoms with Crippen LogP contribution < -0.4 is 4.74 Å². The number of methoxy groups -OCH3 is 1. The van der Waals surface area contributed by atoms with Crippen LogP contribution in [0, 0.1) is 10.1 Å². The van der Waals surface area contributed by atoms with Gasteiger partial charge in [0, 0.05) is 17.8 Å². The van der Waals surface area contributed by atoms with Crippen molar-refractivity contribution in [3.05, 3.63) is 51.8 Å². The third-order valence-electron chi connectivity index (χ3n) is 2.43. The average Bonchev–Trinajstić information content (AvgIpc) is 2.37. The van der Waals surface area contributed by atoms with Crippen LogP contribution in [0.15, 0.2) is 36.5 Å². The minimum atomic E-state index is -0.466. The number of non-ortho nitro benzene ring substituents is 1. The minimum Gasteiger partial charge on any atom is -0.496 e. The molecule has 0 aliphatic carbocycles. The van der Waals surface area contributed by atoms with Crippen LogP contribution in [0.1, 0.15) is 0 Å². The number of hydrogen-bond acceptors (Lipinski definition) is 4. The van der Waals surface area contributed by atoms with E-state index in [0.29, 0.717) is 10.9 Å². The molecule has 1 aromatic heterocycles. The smallest absolute Gasteiger partial charge is 0.273 e. The highest BCUT2D eigenvalue weighted by atomic mass is 35.5. The number of rotatable bonds is 3. The van der Waals surface area contributed by atoms with E-state index in [9.17, 15) is 10.1 Å². The van der Waals surface area contributed by atoms with Gasteiger partial charge in [-0.2, -0.15) is 0 Å². The summed E-state index contributed by atoms with van der Waals surface area (Å²) in [5.74, 6) is 0.423. The van der Waals surface area contributed by atoms with E-state index in [1.54, 1.807) is 24.4 Å². The fraction of sp³-hybridized carbons (Fsp3) is 0.0833.